The topological polar surface area (TPSA) is 66.4 Å². The van der Waals surface area contributed by atoms with Gasteiger partial charge in [-0.15, -0.1) is 0 Å². The van der Waals surface area contributed by atoms with Crippen molar-refractivity contribution in [2.24, 2.45) is 0 Å². The summed E-state index contributed by atoms with van der Waals surface area (Å²) in [7, 11) is -2.20. The largest absolute Gasteiger partial charge is 1.00 e. The zero-order valence-corrected chi connectivity index (χ0v) is 19.9. The van der Waals surface area contributed by atoms with Crippen molar-refractivity contribution < 1.29 is 44.0 Å². The second-order valence-corrected chi connectivity index (χ2v) is 8.78. The summed E-state index contributed by atoms with van der Waals surface area (Å²) in [6.45, 7) is 2.59. The van der Waals surface area contributed by atoms with Gasteiger partial charge in [0.2, 0.25) is 0 Å². The summed E-state index contributed by atoms with van der Waals surface area (Å²) in [4.78, 5) is 0. The van der Waals surface area contributed by atoms with Crippen molar-refractivity contribution in [2.45, 2.75) is 108 Å². The van der Waals surface area contributed by atoms with E-state index in [4.69, 9.17) is 4.55 Å². The van der Waals surface area contributed by atoms with E-state index in [-0.39, 0.29) is 31.0 Å². The van der Waals surface area contributed by atoms with E-state index >= 15 is 0 Å². The van der Waals surface area contributed by atoms with Crippen LogP contribution in [-0.2, 0) is 10.1 Å². The third kappa shape index (κ3) is 19.4. The van der Waals surface area contributed by atoms with Crippen LogP contribution in [0.3, 0.4) is 0 Å². The molecule has 0 aliphatic heterocycles. The Labute approximate surface area is 180 Å². The van der Waals surface area contributed by atoms with Crippen LogP contribution in [0, 0.1) is 0 Å². The second-order valence-electron chi connectivity index (χ2n) is 7.08. The molecule has 0 heterocycles. The van der Waals surface area contributed by atoms with Crippen molar-refractivity contribution in [3.8, 4) is 0 Å². The molecule has 0 rings (SSSR count). The Morgan fingerprint density at radius 3 is 1.48 bits per heavy atom. The van der Waals surface area contributed by atoms with Crippen molar-refractivity contribution in [3.63, 3.8) is 0 Å². The van der Waals surface area contributed by atoms with E-state index in [1.165, 1.54) is 77.0 Å². The Bertz CT molecular complexity index is 370. The van der Waals surface area contributed by atoms with E-state index < -0.39 is 15.4 Å². The zero-order valence-electron chi connectivity index (χ0n) is 18.1. The molecule has 0 aromatic carbocycles. The molecule has 1 atom stereocenters. The van der Waals surface area contributed by atoms with Crippen LogP contribution in [-0.4, -0.2) is 31.8 Å². The van der Waals surface area contributed by atoms with Gasteiger partial charge in [0.25, 0.3) is 10.1 Å². The first-order chi connectivity index (χ1) is 11.5. The minimum atomic E-state index is -3.91. The quantitative estimate of drug-likeness (QED) is 0.215. The van der Waals surface area contributed by atoms with Crippen LogP contribution in [0.1, 0.15) is 105 Å². The van der Waals surface area contributed by atoms with E-state index in [0.29, 0.717) is 13.0 Å². The third-order valence-electron chi connectivity index (χ3n) is 4.73. The van der Waals surface area contributed by atoms with Gasteiger partial charge in [0.15, 0.2) is 0 Å². The monoisotopic (exact) mass is 387 g/mol. The van der Waals surface area contributed by atoms with Crippen LogP contribution in [0.4, 0.5) is 0 Å². The molecule has 0 radical (unpaired) electrons. The van der Waals surface area contributed by atoms with Gasteiger partial charge in [-0.1, -0.05) is 96.8 Å². The molecule has 0 aromatic heterocycles. The molecule has 0 aliphatic carbocycles. The summed E-state index contributed by atoms with van der Waals surface area (Å²) in [5.41, 5.74) is 0. The smallest absolute Gasteiger partial charge is 1.00 e. The van der Waals surface area contributed by atoms with Crippen molar-refractivity contribution in [1.29, 1.82) is 0 Å². The van der Waals surface area contributed by atoms with Gasteiger partial charge in [-0.2, -0.15) is 8.42 Å². The maximum Gasteiger partial charge on any atom is 1.00 e. The van der Waals surface area contributed by atoms with Gasteiger partial charge in [0, 0.05) is 6.54 Å². The minimum absolute atomic E-state index is 0. The molecule has 2 N–H and O–H groups in total. The standard InChI is InChI=1S/C19H41NO3S.Na.H/c1-3-4-5-6-7-8-9-10-11-12-13-14-15-16-17-19(18-20-2)24(21,22)23;;/h19-20H,3-18H2,1-2H3,(H,21,22,23);;/q;+1;-1. The molecule has 0 fully saturated rings. The fraction of sp³-hybridized carbons (Fsp3) is 1.00. The summed E-state index contributed by atoms with van der Waals surface area (Å²) in [5.74, 6) is 0. The summed E-state index contributed by atoms with van der Waals surface area (Å²) in [6, 6.07) is 0. The van der Waals surface area contributed by atoms with E-state index in [1.54, 1.807) is 7.05 Å². The normalized spacial score (nSPS) is 12.8. The summed E-state index contributed by atoms with van der Waals surface area (Å²) < 4.78 is 31.5. The first-order valence-corrected chi connectivity index (χ1v) is 11.6. The summed E-state index contributed by atoms with van der Waals surface area (Å²) in [5, 5.41) is 2.18. The first kappa shape index (κ1) is 28.1. The van der Waals surface area contributed by atoms with Crippen LogP contribution in [0.25, 0.3) is 0 Å². The van der Waals surface area contributed by atoms with Gasteiger partial charge in [-0.3, -0.25) is 4.55 Å². The van der Waals surface area contributed by atoms with Gasteiger partial charge in [-0.25, -0.2) is 0 Å². The number of hydrogen-bond donors (Lipinski definition) is 2. The molecule has 0 saturated heterocycles. The third-order valence-corrected chi connectivity index (χ3v) is 5.98. The maximum absolute atomic E-state index is 11.2. The molecule has 0 saturated carbocycles. The molecular formula is C19H42NNaO3S. The van der Waals surface area contributed by atoms with Crippen molar-refractivity contribution >= 4 is 10.1 Å². The molecule has 0 aromatic rings. The van der Waals surface area contributed by atoms with Gasteiger partial charge in [0.05, 0.1) is 5.25 Å². The fourth-order valence-electron chi connectivity index (χ4n) is 3.15. The molecular weight excluding hydrogens is 345 g/mol. The zero-order chi connectivity index (χ0) is 18.1. The molecule has 0 aliphatic rings. The van der Waals surface area contributed by atoms with Crippen LogP contribution < -0.4 is 34.9 Å². The van der Waals surface area contributed by atoms with Crippen molar-refractivity contribution in [3.05, 3.63) is 0 Å². The van der Waals surface area contributed by atoms with Crippen molar-refractivity contribution in [2.75, 3.05) is 13.6 Å². The minimum Gasteiger partial charge on any atom is -1.00 e. The van der Waals surface area contributed by atoms with Crippen LogP contribution in [0.15, 0.2) is 0 Å². The molecule has 1 unspecified atom stereocenters. The Morgan fingerprint density at radius 2 is 1.16 bits per heavy atom. The molecule has 4 nitrogen and oxygen atoms in total. The summed E-state index contributed by atoms with van der Waals surface area (Å²) in [6.07, 6.45) is 18.6. The van der Waals surface area contributed by atoms with Crippen molar-refractivity contribution in [1.82, 2.24) is 5.32 Å². The van der Waals surface area contributed by atoms with Crippen LogP contribution in [0.2, 0.25) is 0 Å². The average molecular weight is 388 g/mol. The van der Waals surface area contributed by atoms with Crippen LogP contribution in [0.5, 0.6) is 0 Å². The van der Waals surface area contributed by atoms with E-state index in [2.05, 4.69) is 12.2 Å². The van der Waals surface area contributed by atoms with Gasteiger partial charge < -0.3 is 6.74 Å². The Hall–Kier alpha value is 0.870. The number of nitrogens with one attached hydrogen (secondary N) is 1. The average Bonchev–Trinajstić information content (AvgIpc) is 2.53. The molecule has 0 spiro atoms. The van der Waals surface area contributed by atoms with E-state index in [0.717, 1.165) is 12.8 Å². The Kier molecular flexibility index (Phi) is 22.0. The number of rotatable bonds is 18. The van der Waals surface area contributed by atoms with Gasteiger partial charge >= 0.3 is 29.6 Å². The first-order valence-electron chi connectivity index (χ1n) is 10.1. The predicted molar refractivity (Wildman–Crippen MR) is 105 cm³/mol. The predicted octanol–water partition coefficient (Wildman–Crippen LogP) is 2.45. The Morgan fingerprint density at radius 1 is 0.800 bits per heavy atom. The fourth-order valence-corrected chi connectivity index (χ4v) is 3.99. The van der Waals surface area contributed by atoms with Gasteiger partial charge in [0.1, 0.15) is 0 Å². The van der Waals surface area contributed by atoms with E-state index in [1.807, 2.05) is 0 Å². The molecule has 148 valence electrons. The molecule has 0 bridgehead atoms. The van der Waals surface area contributed by atoms with E-state index in [9.17, 15) is 8.42 Å². The molecule has 25 heavy (non-hydrogen) atoms. The Balaban J connectivity index is -0.00000264. The second kappa shape index (κ2) is 19.6. The SMILES string of the molecule is CCCCCCCCCCCCCCCCC(CNC)S(=O)(=O)O.[H-].[Na+]. The number of hydrogen-bond acceptors (Lipinski definition) is 3. The van der Waals surface area contributed by atoms with Gasteiger partial charge in [-0.05, 0) is 13.5 Å². The molecule has 6 heteroatoms. The van der Waals surface area contributed by atoms with Crippen LogP contribution >= 0.6 is 0 Å². The maximum atomic E-state index is 11.2. The molecule has 0 amide bonds. The number of unbranched alkanes of at least 4 members (excludes halogenated alkanes) is 13. The summed E-state index contributed by atoms with van der Waals surface area (Å²) >= 11 is 0.